The topological polar surface area (TPSA) is 65.0 Å². The van der Waals surface area contributed by atoms with Gasteiger partial charge in [-0.05, 0) is 49.2 Å². The van der Waals surface area contributed by atoms with Gasteiger partial charge in [-0.2, -0.15) is 0 Å². The first-order valence-electron chi connectivity index (χ1n) is 12.5. The van der Waals surface area contributed by atoms with E-state index in [1.165, 1.54) is 10.9 Å². The van der Waals surface area contributed by atoms with Crippen molar-refractivity contribution in [1.82, 2.24) is 14.8 Å². The number of carbonyl (C=O) groups is 1. The van der Waals surface area contributed by atoms with E-state index in [1.54, 1.807) is 14.2 Å². The Morgan fingerprint density at radius 3 is 2.49 bits per heavy atom. The molecule has 1 amide bonds. The highest BCUT2D eigenvalue weighted by Gasteiger charge is 2.24. The molecular weight excluding hydrogens is 442 g/mol. The maximum atomic E-state index is 13.2. The second-order valence-electron chi connectivity index (χ2n) is 8.95. The maximum Gasteiger partial charge on any atom is 0.220 e. The third-order valence-corrected chi connectivity index (χ3v) is 6.78. The van der Waals surface area contributed by atoms with E-state index in [0.29, 0.717) is 13.0 Å². The molecule has 2 aromatic carbocycles. The van der Waals surface area contributed by atoms with E-state index < -0.39 is 0 Å². The van der Waals surface area contributed by atoms with Crippen LogP contribution in [0.5, 0.6) is 11.5 Å². The van der Waals surface area contributed by atoms with Crippen LogP contribution in [0.15, 0.2) is 48.7 Å². The Morgan fingerprint density at radius 1 is 1.09 bits per heavy atom. The molecule has 2 heterocycles. The van der Waals surface area contributed by atoms with Gasteiger partial charge in [0.1, 0.15) is 11.5 Å². The van der Waals surface area contributed by atoms with Crippen molar-refractivity contribution in [2.45, 2.75) is 32.2 Å². The number of para-hydroxylation sites is 1. The molecule has 35 heavy (non-hydrogen) atoms. The summed E-state index contributed by atoms with van der Waals surface area (Å²) in [5.74, 6) is 1.35. The summed E-state index contributed by atoms with van der Waals surface area (Å²) in [4.78, 5) is 15.5. The largest absolute Gasteiger partial charge is 0.497 e. The zero-order chi connectivity index (χ0) is 24.6. The molecule has 3 aromatic rings. The van der Waals surface area contributed by atoms with Gasteiger partial charge < -0.3 is 24.1 Å². The average molecular weight is 480 g/mol. The van der Waals surface area contributed by atoms with Crippen LogP contribution in [-0.2, 0) is 16.1 Å². The van der Waals surface area contributed by atoms with Crippen molar-refractivity contribution in [3.63, 3.8) is 0 Å². The normalized spacial score (nSPS) is 15.2. The number of hydrogen-bond acceptors (Lipinski definition) is 5. The van der Waals surface area contributed by atoms with Gasteiger partial charge in [0.15, 0.2) is 0 Å². The van der Waals surface area contributed by atoms with Gasteiger partial charge in [0.25, 0.3) is 0 Å². The fourth-order valence-electron chi connectivity index (χ4n) is 4.87. The fourth-order valence-corrected chi connectivity index (χ4v) is 4.87. The molecule has 4 rings (SSSR count). The molecule has 1 saturated heterocycles. The summed E-state index contributed by atoms with van der Waals surface area (Å²) in [5.41, 5.74) is 3.32. The number of aryl methyl sites for hydroxylation is 1. The Morgan fingerprint density at radius 2 is 1.80 bits per heavy atom. The third kappa shape index (κ3) is 6.16. The lowest BCUT2D eigenvalue weighted by Crippen LogP contribution is -2.38. The Kier molecular flexibility index (Phi) is 8.66. The number of amides is 1. The highest BCUT2D eigenvalue weighted by molar-refractivity contribution is 5.86. The molecule has 1 atom stereocenters. The highest BCUT2D eigenvalue weighted by Crippen LogP contribution is 2.37. The summed E-state index contributed by atoms with van der Waals surface area (Å²) in [6.07, 6.45) is 3.47. The lowest BCUT2D eigenvalue weighted by molar-refractivity contribution is -0.121. The second-order valence-corrected chi connectivity index (χ2v) is 8.95. The molecule has 7 nitrogen and oxygen atoms in total. The SMILES string of the molecule is CCn1cc([C@@H](CC(=O)NCCCN2CCOCC2)c2cc(OC)cc(OC)c2)c2ccccc21. The second kappa shape index (κ2) is 12.1. The number of rotatable bonds is 11. The van der Waals surface area contributed by atoms with Crippen molar-refractivity contribution in [3.8, 4) is 11.5 Å². The van der Waals surface area contributed by atoms with E-state index in [4.69, 9.17) is 14.2 Å². The van der Waals surface area contributed by atoms with Crippen LogP contribution in [0.3, 0.4) is 0 Å². The first-order chi connectivity index (χ1) is 17.1. The summed E-state index contributed by atoms with van der Waals surface area (Å²) < 4.78 is 18.7. The zero-order valence-electron chi connectivity index (χ0n) is 21.1. The molecular formula is C28H37N3O4. The number of benzene rings is 2. The Hall–Kier alpha value is -3.03. The predicted molar refractivity (Wildman–Crippen MR) is 139 cm³/mol. The van der Waals surface area contributed by atoms with Gasteiger partial charge in [-0.3, -0.25) is 9.69 Å². The molecule has 188 valence electrons. The van der Waals surface area contributed by atoms with Gasteiger partial charge in [-0.1, -0.05) is 18.2 Å². The standard InChI is InChI=1S/C28H37N3O4/c1-4-31-20-26(24-8-5-6-9-27(24)31)25(21-16-22(33-2)18-23(17-21)34-3)19-28(32)29-10-7-11-30-12-14-35-15-13-30/h5-6,8-9,16-18,20,25H,4,7,10-15,19H2,1-3H3,(H,29,32)/t25-/m0/s1. The fraction of sp³-hybridized carbons (Fsp3) is 0.464. The van der Waals surface area contributed by atoms with E-state index in [-0.39, 0.29) is 11.8 Å². The summed E-state index contributed by atoms with van der Waals surface area (Å²) in [6, 6.07) is 14.3. The maximum absolute atomic E-state index is 13.2. The number of morpholine rings is 1. The molecule has 1 N–H and O–H groups in total. The van der Waals surface area contributed by atoms with Crippen molar-refractivity contribution in [2.75, 3.05) is 53.6 Å². The molecule has 0 bridgehead atoms. The molecule has 0 spiro atoms. The van der Waals surface area contributed by atoms with Crippen LogP contribution in [0, 0.1) is 0 Å². The van der Waals surface area contributed by atoms with Crippen LogP contribution in [0.4, 0.5) is 0 Å². The summed E-state index contributed by atoms with van der Waals surface area (Å²) in [5, 5.41) is 4.32. The number of ether oxygens (including phenoxy) is 3. The molecule has 0 unspecified atom stereocenters. The van der Waals surface area contributed by atoms with Crippen molar-refractivity contribution in [1.29, 1.82) is 0 Å². The van der Waals surface area contributed by atoms with Gasteiger partial charge in [0, 0.05) is 61.7 Å². The molecule has 1 aliphatic rings. The lowest BCUT2D eigenvalue weighted by atomic mass is 9.87. The number of carbonyl (C=O) groups excluding carboxylic acids is 1. The van der Waals surface area contributed by atoms with Crippen molar-refractivity contribution >= 4 is 16.8 Å². The summed E-state index contributed by atoms with van der Waals surface area (Å²) >= 11 is 0. The molecule has 0 saturated carbocycles. The molecule has 1 aliphatic heterocycles. The molecule has 0 aliphatic carbocycles. The van der Waals surface area contributed by atoms with E-state index in [2.05, 4.69) is 52.2 Å². The molecule has 1 fully saturated rings. The number of aromatic nitrogens is 1. The van der Waals surface area contributed by atoms with Crippen LogP contribution in [0.2, 0.25) is 0 Å². The smallest absolute Gasteiger partial charge is 0.220 e. The third-order valence-electron chi connectivity index (χ3n) is 6.78. The Balaban J connectivity index is 1.56. The number of methoxy groups -OCH3 is 2. The first-order valence-corrected chi connectivity index (χ1v) is 12.5. The number of nitrogens with one attached hydrogen (secondary N) is 1. The van der Waals surface area contributed by atoms with Gasteiger partial charge in [0.2, 0.25) is 5.91 Å². The number of fused-ring (bicyclic) bond motifs is 1. The number of hydrogen-bond donors (Lipinski definition) is 1. The van der Waals surface area contributed by atoms with Crippen molar-refractivity contribution in [2.24, 2.45) is 0 Å². The predicted octanol–water partition coefficient (Wildman–Crippen LogP) is 4.04. The Labute approximate surface area is 208 Å². The minimum atomic E-state index is -0.129. The summed E-state index contributed by atoms with van der Waals surface area (Å²) in [7, 11) is 3.30. The van der Waals surface area contributed by atoms with E-state index in [1.807, 2.05) is 18.2 Å². The minimum Gasteiger partial charge on any atom is -0.497 e. The minimum absolute atomic E-state index is 0.0482. The van der Waals surface area contributed by atoms with E-state index in [0.717, 1.165) is 68.4 Å². The molecule has 7 heteroatoms. The van der Waals surface area contributed by atoms with Gasteiger partial charge >= 0.3 is 0 Å². The highest BCUT2D eigenvalue weighted by atomic mass is 16.5. The van der Waals surface area contributed by atoms with Gasteiger partial charge in [-0.25, -0.2) is 0 Å². The van der Waals surface area contributed by atoms with Crippen LogP contribution < -0.4 is 14.8 Å². The quantitative estimate of drug-likeness (QED) is 0.421. The first kappa shape index (κ1) is 25.1. The van der Waals surface area contributed by atoms with Crippen LogP contribution in [0.1, 0.15) is 36.8 Å². The van der Waals surface area contributed by atoms with Gasteiger partial charge in [-0.15, -0.1) is 0 Å². The number of nitrogens with zero attached hydrogens (tertiary/aromatic N) is 2. The van der Waals surface area contributed by atoms with E-state index in [9.17, 15) is 4.79 Å². The van der Waals surface area contributed by atoms with Crippen LogP contribution in [-0.4, -0.2) is 69.0 Å². The van der Waals surface area contributed by atoms with Crippen molar-refractivity contribution < 1.29 is 19.0 Å². The monoisotopic (exact) mass is 479 g/mol. The van der Waals surface area contributed by atoms with E-state index >= 15 is 0 Å². The zero-order valence-corrected chi connectivity index (χ0v) is 21.1. The lowest BCUT2D eigenvalue weighted by Gasteiger charge is -2.26. The van der Waals surface area contributed by atoms with Gasteiger partial charge in [0.05, 0.1) is 27.4 Å². The summed E-state index contributed by atoms with van der Waals surface area (Å²) in [6.45, 7) is 8.17. The van der Waals surface area contributed by atoms with Crippen LogP contribution >= 0.6 is 0 Å². The van der Waals surface area contributed by atoms with Crippen molar-refractivity contribution in [3.05, 3.63) is 59.8 Å². The molecule has 1 aromatic heterocycles. The Bertz CT molecular complexity index is 1100. The average Bonchev–Trinajstić information content (AvgIpc) is 3.28. The molecule has 0 radical (unpaired) electrons. The van der Waals surface area contributed by atoms with Crippen LogP contribution in [0.25, 0.3) is 10.9 Å².